The van der Waals surface area contributed by atoms with Crippen molar-refractivity contribution in [2.45, 2.75) is 13.8 Å². The van der Waals surface area contributed by atoms with E-state index < -0.39 is 0 Å². The number of nitrogens with zero attached hydrogens (tertiary/aromatic N) is 2. The normalized spacial score (nSPS) is 10.5. The number of pyridine rings is 2. The molecule has 0 aliphatic rings. The van der Waals surface area contributed by atoms with Gasteiger partial charge in [-0.05, 0) is 48.2 Å². The molecule has 0 amide bonds. The summed E-state index contributed by atoms with van der Waals surface area (Å²) in [6, 6.07) is 29.7. The topological polar surface area (TPSA) is 25.8 Å². The van der Waals surface area contributed by atoms with E-state index >= 15 is 0 Å². The first-order valence-electron chi connectivity index (χ1n) is 9.53. The zero-order valence-electron chi connectivity index (χ0n) is 18.0. The van der Waals surface area contributed by atoms with E-state index in [1.807, 2.05) is 12.1 Å². The summed E-state index contributed by atoms with van der Waals surface area (Å²) in [6.07, 6.45) is 0. The summed E-state index contributed by atoms with van der Waals surface area (Å²) in [5.74, 6) is 0. The first kappa shape index (κ1) is 23.1. The van der Waals surface area contributed by atoms with Gasteiger partial charge in [0.05, 0.1) is 11.0 Å². The van der Waals surface area contributed by atoms with Crippen molar-refractivity contribution in [1.82, 2.24) is 9.97 Å². The fourth-order valence-corrected chi connectivity index (χ4v) is 3.94. The van der Waals surface area contributed by atoms with Crippen molar-refractivity contribution in [3.63, 3.8) is 0 Å². The Kier molecular flexibility index (Phi) is 7.52. The minimum atomic E-state index is 0. The predicted octanol–water partition coefficient (Wildman–Crippen LogP) is 5.97. The molecule has 0 aliphatic heterocycles. The number of aromatic nitrogens is 2. The Balaban J connectivity index is 0.00000128. The van der Waals surface area contributed by atoms with Crippen LogP contribution < -0.4 is 0 Å². The minimum absolute atomic E-state index is 0. The van der Waals surface area contributed by atoms with E-state index in [1.165, 1.54) is 22.3 Å². The monoisotopic (exact) mass is 406 g/mol. The van der Waals surface area contributed by atoms with Crippen molar-refractivity contribution in [3.8, 4) is 22.3 Å². The number of aryl methyl sites for hydroxylation is 2. The first-order valence-corrected chi connectivity index (χ1v) is 9.53. The Morgan fingerprint density at radius 1 is 0.500 bits per heavy atom. The molecule has 0 aliphatic carbocycles. The number of benzene rings is 3. The average Bonchev–Trinajstić information content (AvgIpc) is 2.74. The van der Waals surface area contributed by atoms with Crippen LogP contribution in [0.1, 0.15) is 11.4 Å². The molecule has 0 bridgehead atoms. The number of hydrogen-bond acceptors (Lipinski definition) is 2. The second-order valence-corrected chi connectivity index (χ2v) is 7.21. The van der Waals surface area contributed by atoms with Crippen LogP contribution >= 0.6 is 0 Å². The van der Waals surface area contributed by atoms with Gasteiger partial charge in [-0.1, -0.05) is 72.8 Å². The van der Waals surface area contributed by atoms with E-state index in [4.69, 9.17) is 9.97 Å². The third-order valence-corrected chi connectivity index (χ3v) is 5.18. The van der Waals surface area contributed by atoms with Crippen LogP contribution in [0.15, 0.2) is 84.9 Å². The van der Waals surface area contributed by atoms with Crippen LogP contribution in [0.25, 0.3) is 44.1 Å². The summed E-state index contributed by atoms with van der Waals surface area (Å²) in [5, 5.41) is 2.28. The van der Waals surface area contributed by atoms with Crippen molar-refractivity contribution in [3.05, 3.63) is 96.3 Å². The number of hydrogen-bond donors (Lipinski definition) is 0. The standard InChI is InChI=1S/C26H20N2.2Na/c1-17-15-23(19-9-5-3-6-10-19)21-13-14-22-24(20-11-7-4-8-12-20)16-18(2)28-26(22)25(21)27-17;;/h3-16H,1-2H3;;. The zero-order valence-corrected chi connectivity index (χ0v) is 22.0. The Morgan fingerprint density at radius 2 is 0.867 bits per heavy atom. The van der Waals surface area contributed by atoms with Gasteiger partial charge in [-0.2, -0.15) is 0 Å². The smallest absolute Gasteiger partial charge is 0.0974 e. The average molecular weight is 406 g/mol. The molecule has 5 rings (SSSR count). The molecule has 0 saturated heterocycles. The van der Waals surface area contributed by atoms with Crippen LogP contribution in [0.3, 0.4) is 0 Å². The molecule has 0 fully saturated rings. The maximum Gasteiger partial charge on any atom is 0.0974 e. The van der Waals surface area contributed by atoms with Crippen molar-refractivity contribution in [2.75, 3.05) is 0 Å². The van der Waals surface area contributed by atoms with Crippen molar-refractivity contribution >= 4 is 80.9 Å². The van der Waals surface area contributed by atoms with E-state index in [0.29, 0.717) is 0 Å². The predicted molar refractivity (Wildman–Crippen MR) is 129 cm³/mol. The fraction of sp³-hybridized carbons (Fsp3) is 0.0769. The summed E-state index contributed by atoms with van der Waals surface area (Å²) in [6.45, 7) is 4.11. The Hall–Kier alpha value is -1.52. The minimum Gasteiger partial charge on any atom is -0.251 e. The second kappa shape index (κ2) is 9.74. The molecule has 2 radical (unpaired) electrons. The van der Waals surface area contributed by atoms with Gasteiger partial charge in [-0.25, -0.2) is 0 Å². The van der Waals surface area contributed by atoms with Crippen LogP contribution in [0.2, 0.25) is 0 Å². The maximum absolute atomic E-state index is 4.90. The van der Waals surface area contributed by atoms with Gasteiger partial charge in [0.2, 0.25) is 0 Å². The molecule has 0 atom stereocenters. The molecule has 2 heterocycles. The molecule has 0 N–H and O–H groups in total. The van der Waals surface area contributed by atoms with E-state index in [2.05, 4.69) is 86.6 Å². The molecular formula is C26H20N2Na2. The quantitative estimate of drug-likeness (QED) is 0.267. The first-order chi connectivity index (χ1) is 13.7. The van der Waals surface area contributed by atoms with Crippen LogP contribution in [-0.2, 0) is 0 Å². The Labute approximate surface area is 221 Å². The molecule has 30 heavy (non-hydrogen) atoms. The molecule has 0 saturated carbocycles. The zero-order chi connectivity index (χ0) is 19.1. The maximum atomic E-state index is 4.90. The third-order valence-electron chi connectivity index (χ3n) is 5.18. The molecule has 0 unspecified atom stereocenters. The SMILES string of the molecule is Cc1cc(-c2ccccc2)c2ccc3c(-c4ccccc4)cc(C)nc3c2n1.[Na].[Na]. The molecule has 2 aromatic heterocycles. The van der Waals surface area contributed by atoms with Gasteiger partial charge in [0.1, 0.15) is 0 Å². The Morgan fingerprint density at radius 3 is 1.23 bits per heavy atom. The van der Waals surface area contributed by atoms with Crippen LogP contribution in [0.4, 0.5) is 0 Å². The van der Waals surface area contributed by atoms with Crippen molar-refractivity contribution in [1.29, 1.82) is 0 Å². The fourth-order valence-electron chi connectivity index (χ4n) is 3.94. The Bertz CT molecular complexity index is 1210. The van der Waals surface area contributed by atoms with E-state index in [-0.39, 0.29) is 59.1 Å². The summed E-state index contributed by atoms with van der Waals surface area (Å²) in [5.41, 5.74) is 8.76. The van der Waals surface area contributed by atoms with Gasteiger partial charge in [0.25, 0.3) is 0 Å². The summed E-state index contributed by atoms with van der Waals surface area (Å²) >= 11 is 0. The number of fused-ring (bicyclic) bond motifs is 3. The third kappa shape index (κ3) is 4.27. The molecule has 0 spiro atoms. The molecule has 136 valence electrons. The summed E-state index contributed by atoms with van der Waals surface area (Å²) in [4.78, 5) is 9.81. The molecular weight excluding hydrogens is 386 g/mol. The van der Waals surface area contributed by atoms with E-state index in [9.17, 15) is 0 Å². The second-order valence-electron chi connectivity index (χ2n) is 7.21. The van der Waals surface area contributed by atoms with Gasteiger partial charge in [0.15, 0.2) is 0 Å². The van der Waals surface area contributed by atoms with Crippen LogP contribution in [-0.4, -0.2) is 69.1 Å². The molecule has 5 aromatic rings. The van der Waals surface area contributed by atoms with Crippen molar-refractivity contribution in [2.24, 2.45) is 0 Å². The summed E-state index contributed by atoms with van der Waals surface area (Å²) < 4.78 is 0. The van der Waals surface area contributed by atoms with E-state index in [0.717, 1.165) is 33.2 Å². The largest absolute Gasteiger partial charge is 0.251 e. The van der Waals surface area contributed by atoms with E-state index in [1.54, 1.807) is 0 Å². The van der Waals surface area contributed by atoms with Gasteiger partial charge in [-0.15, -0.1) is 0 Å². The van der Waals surface area contributed by atoms with Crippen molar-refractivity contribution < 1.29 is 0 Å². The molecule has 2 nitrogen and oxygen atoms in total. The molecule has 3 aromatic carbocycles. The molecule has 4 heteroatoms. The van der Waals surface area contributed by atoms with Gasteiger partial charge in [-0.3, -0.25) is 9.97 Å². The van der Waals surface area contributed by atoms with Crippen LogP contribution in [0, 0.1) is 13.8 Å². The van der Waals surface area contributed by atoms with Gasteiger partial charge < -0.3 is 0 Å². The number of rotatable bonds is 2. The van der Waals surface area contributed by atoms with Gasteiger partial charge >= 0.3 is 0 Å². The van der Waals surface area contributed by atoms with Gasteiger partial charge in [0, 0.05) is 81.3 Å². The van der Waals surface area contributed by atoms with Crippen LogP contribution in [0.5, 0.6) is 0 Å². The summed E-state index contributed by atoms with van der Waals surface area (Å²) in [7, 11) is 0.